The molecule has 0 unspecified atom stereocenters. The van der Waals surface area contributed by atoms with E-state index in [4.69, 9.17) is 13.6 Å². The molecule has 0 radical (unpaired) electrons. The molecular formula is C18H17N3O6. The number of nitrogens with one attached hydrogen (secondary N) is 3. The van der Waals surface area contributed by atoms with Crippen molar-refractivity contribution < 1.29 is 28.0 Å². The summed E-state index contributed by atoms with van der Waals surface area (Å²) in [6, 6.07) is 10.4. The van der Waals surface area contributed by atoms with Crippen molar-refractivity contribution in [3.63, 3.8) is 0 Å². The fraction of sp³-hybridized carbons (Fsp3) is 0.167. The molecule has 27 heavy (non-hydrogen) atoms. The van der Waals surface area contributed by atoms with Gasteiger partial charge in [-0.3, -0.25) is 25.2 Å². The van der Waals surface area contributed by atoms with Gasteiger partial charge >= 0.3 is 17.7 Å². The maximum atomic E-state index is 12.4. The first kappa shape index (κ1) is 18.2. The van der Waals surface area contributed by atoms with Crippen LogP contribution in [-0.2, 0) is 27.5 Å². The summed E-state index contributed by atoms with van der Waals surface area (Å²) in [6.07, 6.45) is 1.45. The van der Waals surface area contributed by atoms with Crippen LogP contribution in [0.1, 0.15) is 21.9 Å². The lowest BCUT2D eigenvalue weighted by Crippen LogP contribution is -2.48. The molecule has 9 heteroatoms. The van der Waals surface area contributed by atoms with E-state index in [1.807, 2.05) is 11.5 Å². The minimum absolute atomic E-state index is 0.00524. The Morgan fingerprint density at radius 3 is 2.59 bits per heavy atom. The van der Waals surface area contributed by atoms with Crippen LogP contribution in [0.5, 0.6) is 0 Å². The van der Waals surface area contributed by atoms with E-state index in [1.54, 1.807) is 30.3 Å². The number of benzene rings is 1. The van der Waals surface area contributed by atoms with E-state index >= 15 is 0 Å². The molecule has 3 amide bonds. The number of carbonyl (C=O) groups is 3. The first-order valence-electron chi connectivity index (χ1n) is 8.00. The molecule has 0 atom stereocenters. The van der Waals surface area contributed by atoms with Crippen molar-refractivity contribution in [3.05, 3.63) is 59.7 Å². The predicted octanol–water partition coefficient (Wildman–Crippen LogP) is 1.25. The van der Waals surface area contributed by atoms with Crippen LogP contribution in [0.15, 0.2) is 51.5 Å². The molecule has 9 nitrogen and oxygen atoms in total. The van der Waals surface area contributed by atoms with Crippen LogP contribution in [-0.4, -0.2) is 24.8 Å². The minimum Gasteiger partial charge on any atom is -0.467 e. The summed E-state index contributed by atoms with van der Waals surface area (Å²) < 4.78 is 15.7. The zero-order valence-corrected chi connectivity index (χ0v) is 14.4. The molecule has 1 aromatic carbocycles. The van der Waals surface area contributed by atoms with Gasteiger partial charge in [-0.25, -0.2) is 0 Å². The zero-order valence-electron chi connectivity index (χ0n) is 14.4. The number of methoxy groups -OCH3 is 1. The molecule has 0 fully saturated rings. The predicted molar refractivity (Wildman–Crippen MR) is 93.1 cm³/mol. The van der Waals surface area contributed by atoms with Gasteiger partial charge in [0.2, 0.25) is 0 Å². The number of rotatable bonds is 5. The molecule has 2 heterocycles. The van der Waals surface area contributed by atoms with Gasteiger partial charge in [0.1, 0.15) is 11.3 Å². The summed E-state index contributed by atoms with van der Waals surface area (Å²) >= 11 is 0. The maximum absolute atomic E-state index is 12.4. The quantitative estimate of drug-likeness (QED) is 0.458. The van der Waals surface area contributed by atoms with Crippen LogP contribution in [0.25, 0.3) is 11.0 Å². The summed E-state index contributed by atoms with van der Waals surface area (Å²) in [7, 11) is 1.49. The molecule has 0 aliphatic heterocycles. The summed E-state index contributed by atoms with van der Waals surface area (Å²) in [5.74, 6) is -2.17. The van der Waals surface area contributed by atoms with E-state index in [-0.39, 0.29) is 18.9 Å². The first-order chi connectivity index (χ1) is 13.1. The molecule has 2 aromatic heterocycles. The van der Waals surface area contributed by atoms with E-state index in [0.29, 0.717) is 16.9 Å². The second-order valence-corrected chi connectivity index (χ2v) is 5.51. The Morgan fingerprint density at radius 1 is 1.04 bits per heavy atom. The standard InChI is InChI=1S/C18H17N3O6/c1-25-10-13-12-6-2-3-7-14(12)27-15(13)16(22)20-21-18(24)17(23)19-9-11-5-4-8-26-11/h2-8H,9-10H2,1H3,(H,19,23)(H,20,22)(H,21,24). The number of para-hydroxylation sites is 1. The van der Waals surface area contributed by atoms with E-state index in [1.165, 1.54) is 13.4 Å². The van der Waals surface area contributed by atoms with Gasteiger partial charge in [0.05, 0.1) is 19.4 Å². The van der Waals surface area contributed by atoms with Crippen molar-refractivity contribution in [1.29, 1.82) is 0 Å². The van der Waals surface area contributed by atoms with Gasteiger partial charge in [0, 0.05) is 18.1 Å². The summed E-state index contributed by atoms with van der Waals surface area (Å²) in [5.41, 5.74) is 5.26. The van der Waals surface area contributed by atoms with Crippen LogP contribution >= 0.6 is 0 Å². The van der Waals surface area contributed by atoms with Crippen molar-refractivity contribution in [3.8, 4) is 0 Å². The number of hydrogen-bond donors (Lipinski definition) is 3. The Labute approximate surface area is 153 Å². The molecule has 0 saturated heterocycles. The van der Waals surface area contributed by atoms with Crippen molar-refractivity contribution in [1.82, 2.24) is 16.2 Å². The van der Waals surface area contributed by atoms with Crippen molar-refractivity contribution in [2.75, 3.05) is 7.11 Å². The van der Waals surface area contributed by atoms with Crippen molar-refractivity contribution >= 4 is 28.7 Å². The second-order valence-electron chi connectivity index (χ2n) is 5.51. The van der Waals surface area contributed by atoms with Crippen LogP contribution in [0.3, 0.4) is 0 Å². The van der Waals surface area contributed by atoms with E-state index in [2.05, 4.69) is 10.7 Å². The fourth-order valence-corrected chi connectivity index (χ4v) is 2.46. The molecule has 3 rings (SSSR count). The van der Waals surface area contributed by atoms with E-state index < -0.39 is 17.7 Å². The molecule has 0 aliphatic rings. The highest BCUT2D eigenvalue weighted by Gasteiger charge is 2.22. The van der Waals surface area contributed by atoms with Gasteiger partial charge < -0.3 is 18.9 Å². The Bertz CT molecular complexity index is 961. The summed E-state index contributed by atoms with van der Waals surface area (Å²) in [4.78, 5) is 35.9. The Hall–Kier alpha value is -3.59. The third-order valence-corrected chi connectivity index (χ3v) is 3.69. The van der Waals surface area contributed by atoms with Gasteiger partial charge in [-0.1, -0.05) is 18.2 Å². The molecule has 3 N–H and O–H groups in total. The van der Waals surface area contributed by atoms with Crippen LogP contribution in [0.4, 0.5) is 0 Å². The fourth-order valence-electron chi connectivity index (χ4n) is 2.46. The Morgan fingerprint density at radius 2 is 1.85 bits per heavy atom. The molecule has 0 bridgehead atoms. The number of ether oxygens (including phenoxy) is 1. The van der Waals surface area contributed by atoms with E-state index in [9.17, 15) is 14.4 Å². The first-order valence-corrected chi connectivity index (χ1v) is 8.00. The average molecular weight is 371 g/mol. The maximum Gasteiger partial charge on any atom is 0.327 e. The third-order valence-electron chi connectivity index (χ3n) is 3.69. The molecule has 3 aromatic rings. The lowest BCUT2D eigenvalue weighted by atomic mass is 10.1. The lowest BCUT2D eigenvalue weighted by molar-refractivity contribution is -0.139. The number of furan rings is 2. The third kappa shape index (κ3) is 4.15. The van der Waals surface area contributed by atoms with Crippen LogP contribution in [0, 0.1) is 0 Å². The highest BCUT2D eigenvalue weighted by Crippen LogP contribution is 2.26. The van der Waals surface area contributed by atoms with E-state index in [0.717, 1.165) is 5.39 Å². The monoisotopic (exact) mass is 371 g/mol. The summed E-state index contributed by atoms with van der Waals surface area (Å²) in [5, 5.41) is 3.09. The number of hydrazine groups is 1. The molecular weight excluding hydrogens is 354 g/mol. The molecule has 0 saturated carbocycles. The van der Waals surface area contributed by atoms with Crippen LogP contribution < -0.4 is 16.2 Å². The number of carbonyl (C=O) groups excluding carboxylic acids is 3. The molecule has 0 aliphatic carbocycles. The minimum atomic E-state index is -1.03. The topological polar surface area (TPSA) is 123 Å². The lowest BCUT2D eigenvalue weighted by Gasteiger charge is -2.07. The van der Waals surface area contributed by atoms with Gasteiger partial charge in [-0.15, -0.1) is 0 Å². The number of hydrogen-bond acceptors (Lipinski definition) is 6. The summed E-state index contributed by atoms with van der Waals surface area (Å²) in [6.45, 7) is 0.201. The van der Waals surface area contributed by atoms with Gasteiger partial charge in [0.25, 0.3) is 0 Å². The van der Waals surface area contributed by atoms with Gasteiger partial charge in [0.15, 0.2) is 5.76 Å². The zero-order chi connectivity index (χ0) is 19.2. The average Bonchev–Trinajstić information content (AvgIpc) is 3.32. The number of amides is 3. The molecule has 140 valence electrons. The second kappa shape index (κ2) is 8.19. The smallest absolute Gasteiger partial charge is 0.327 e. The number of fused-ring (bicyclic) bond motifs is 1. The van der Waals surface area contributed by atoms with Gasteiger partial charge in [-0.05, 0) is 18.2 Å². The largest absolute Gasteiger partial charge is 0.467 e. The van der Waals surface area contributed by atoms with Gasteiger partial charge in [-0.2, -0.15) is 0 Å². The molecule has 0 spiro atoms. The van der Waals surface area contributed by atoms with Crippen molar-refractivity contribution in [2.45, 2.75) is 13.2 Å². The normalized spacial score (nSPS) is 10.6. The van der Waals surface area contributed by atoms with Crippen LogP contribution in [0.2, 0.25) is 0 Å². The Kier molecular flexibility index (Phi) is 5.53. The highest BCUT2D eigenvalue weighted by molar-refractivity contribution is 6.35. The van der Waals surface area contributed by atoms with Crippen molar-refractivity contribution in [2.24, 2.45) is 0 Å². The SMILES string of the molecule is COCc1c(C(=O)NNC(=O)C(=O)NCc2ccco2)oc2ccccc12. The Balaban J connectivity index is 1.61. The highest BCUT2D eigenvalue weighted by atomic mass is 16.5.